The standard InChI is InChI=1S/C19H36O4/c1-8-10-15(20)16(21)11-9-12-23-17(22)14(19(5,6)7)13-18(2,3)4/h13,15-16,20-21H,8-12H2,1-7H3/b14-13-. The van der Waals surface area contributed by atoms with E-state index in [0.29, 0.717) is 24.8 Å². The third-order valence-corrected chi connectivity index (χ3v) is 3.51. The summed E-state index contributed by atoms with van der Waals surface area (Å²) >= 11 is 0. The Bertz CT molecular complexity index is 385. The van der Waals surface area contributed by atoms with Crippen molar-refractivity contribution in [2.45, 2.75) is 86.4 Å². The smallest absolute Gasteiger partial charge is 0.334 e. The molecule has 0 saturated heterocycles. The van der Waals surface area contributed by atoms with Crippen molar-refractivity contribution < 1.29 is 19.7 Å². The summed E-state index contributed by atoms with van der Waals surface area (Å²) in [5.41, 5.74) is 0.306. The Morgan fingerprint density at radius 3 is 2.00 bits per heavy atom. The average Bonchev–Trinajstić information content (AvgIpc) is 2.38. The highest BCUT2D eigenvalue weighted by molar-refractivity contribution is 5.89. The van der Waals surface area contributed by atoms with Gasteiger partial charge in [0.15, 0.2) is 0 Å². The monoisotopic (exact) mass is 328 g/mol. The molecule has 0 aliphatic rings. The molecule has 0 aliphatic carbocycles. The van der Waals surface area contributed by atoms with Crippen LogP contribution in [0.25, 0.3) is 0 Å². The lowest BCUT2D eigenvalue weighted by Gasteiger charge is -2.25. The summed E-state index contributed by atoms with van der Waals surface area (Å²) in [4.78, 5) is 12.3. The summed E-state index contributed by atoms with van der Waals surface area (Å²) < 4.78 is 5.37. The van der Waals surface area contributed by atoms with Gasteiger partial charge in [-0.15, -0.1) is 0 Å². The molecule has 0 heterocycles. The minimum atomic E-state index is -0.749. The Morgan fingerprint density at radius 2 is 1.57 bits per heavy atom. The number of allylic oxidation sites excluding steroid dienone is 1. The first kappa shape index (κ1) is 22.1. The molecule has 0 aromatic carbocycles. The van der Waals surface area contributed by atoms with Gasteiger partial charge in [0.25, 0.3) is 0 Å². The van der Waals surface area contributed by atoms with Gasteiger partial charge in [-0.2, -0.15) is 0 Å². The van der Waals surface area contributed by atoms with Gasteiger partial charge in [-0.1, -0.05) is 61.0 Å². The number of aliphatic hydroxyl groups is 2. The minimum Gasteiger partial charge on any atom is -0.462 e. The fourth-order valence-electron chi connectivity index (χ4n) is 2.23. The first-order valence-corrected chi connectivity index (χ1v) is 8.65. The van der Waals surface area contributed by atoms with E-state index in [2.05, 4.69) is 20.8 Å². The van der Waals surface area contributed by atoms with Crippen LogP contribution in [-0.4, -0.2) is 35.0 Å². The highest BCUT2D eigenvalue weighted by Crippen LogP contribution is 2.31. The van der Waals surface area contributed by atoms with Gasteiger partial charge in [-0.05, 0) is 30.1 Å². The summed E-state index contributed by atoms with van der Waals surface area (Å²) in [5, 5.41) is 19.5. The largest absolute Gasteiger partial charge is 0.462 e. The van der Waals surface area contributed by atoms with E-state index >= 15 is 0 Å². The molecule has 136 valence electrons. The molecule has 2 atom stereocenters. The third-order valence-electron chi connectivity index (χ3n) is 3.51. The van der Waals surface area contributed by atoms with E-state index in [9.17, 15) is 15.0 Å². The normalized spacial score (nSPS) is 16.1. The Balaban J connectivity index is 4.49. The zero-order valence-corrected chi connectivity index (χ0v) is 16.0. The molecule has 0 aromatic heterocycles. The maximum Gasteiger partial charge on any atom is 0.334 e. The lowest BCUT2D eigenvalue weighted by atomic mass is 9.81. The van der Waals surface area contributed by atoms with Crippen LogP contribution < -0.4 is 0 Å². The van der Waals surface area contributed by atoms with Crippen LogP contribution in [0.4, 0.5) is 0 Å². The molecule has 4 heteroatoms. The molecule has 0 amide bonds. The number of esters is 1. The molecule has 0 aromatic rings. The Hall–Kier alpha value is -0.870. The maximum atomic E-state index is 12.3. The van der Waals surface area contributed by atoms with Gasteiger partial charge in [-0.25, -0.2) is 4.79 Å². The predicted octanol–water partition coefficient (Wildman–Crippen LogP) is 3.85. The van der Waals surface area contributed by atoms with Crippen molar-refractivity contribution in [3.63, 3.8) is 0 Å². The summed E-state index contributed by atoms with van der Waals surface area (Å²) in [7, 11) is 0. The van der Waals surface area contributed by atoms with Crippen LogP contribution >= 0.6 is 0 Å². The van der Waals surface area contributed by atoms with Gasteiger partial charge >= 0.3 is 5.97 Å². The van der Waals surface area contributed by atoms with Crippen molar-refractivity contribution in [3.05, 3.63) is 11.6 Å². The van der Waals surface area contributed by atoms with Gasteiger partial charge in [0.1, 0.15) is 0 Å². The van der Waals surface area contributed by atoms with E-state index < -0.39 is 12.2 Å². The molecule has 2 N–H and O–H groups in total. The topological polar surface area (TPSA) is 66.8 Å². The van der Waals surface area contributed by atoms with Crippen LogP contribution in [0.3, 0.4) is 0 Å². The Kier molecular flexibility index (Phi) is 9.07. The van der Waals surface area contributed by atoms with Crippen LogP contribution in [0.5, 0.6) is 0 Å². The zero-order chi connectivity index (χ0) is 18.3. The number of aliphatic hydroxyl groups excluding tert-OH is 2. The third kappa shape index (κ3) is 9.77. The maximum absolute atomic E-state index is 12.3. The van der Waals surface area contributed by atoms with Gasteiger partial charge in [0.05, 0.1) is 18.8 Å². The van der Waals surface area contributed by atoms with Gasteiger partial charge in [0.2, 0.25) is 0 Å². The summed E-state index contributed by atoms with van der Waals surface area (Å²) in [5.74, 6) is -0.295. The van der Waals surface area contributed by atoms with E-state index in [1.165, 1.54) is 0 Å². The molecule has 0 spiro atoms. The summed E-state index contributed by atoms with van der Waals surface area (Å²) in [6, 6.07) is 0. The second-order valence-electron chi connectivity index (χ2n) is 8.38. The first-order valence-electron chi connectivity index (χ1n) is 8.65. The molecular weight excluding hydrogens is 292 g/mol. The quantitative estimate of drug-likeness (QED) is 0.403. The lowest BCUT2D eigenvalue weighted by molar-refractivity contribution is -0.140. The van der Waals surface area contributed by atoms with Gasteiger partial charge in [0, 0.05) is 5.57 Å². The Morgan fingerprint density at radius 1 is 1.04 bits per heavy atom. The molecule has 23 heavy (non-hydrogen) atoms. The van der Waals surface area contributed by atoms with Crippen LogP contribution in [-0.2, 0) is 9.53 Å². The molecule has 0 fully saturated rings. The van der Waals surface area contributed by atoms with E-state index in [4.69, 9.17) is 4.74 Å². The lowest BCUT2D eigenvalue weighted by Crippen LogP contribution is -2.26. The number of rotatable bonds is 8. The molecule has 0 radical (unpaired) electrons. The molecule has 0 bridgehead atoms. The second-order valence-corrected chi connectivity index (χ2v) is 8.38. The van der Waals surface area contributed by atoms with Gasteiger partial charge in [-0.3, -0.25) is 0 Å². The van der Waals surface area contributed by atoms with Crippen molar-refractivity contribution in [1.82, 2.24) is 0 Å². The first-order chi connectivity index (χ1) is 10.4. The van der Waals surface area contributed by atoms with Crippen LogP contribution in [0, 0.1) is 10.8 Å². The molecule has 0 aliphatic heterocycles. The minimum absolute atomic E-state index is 0.0951. The van der Waals surface area contributed by atoms with Crippen LogP contribution in [0.1, 0.15) is 74.1 Å². The van der Waals surface area contributed by atoms with E-state index in [1.807, 2.05) is 33.8 Å². The highest BCUT2D eigenvalue weighted by Gasteiger charge is 2.27. The molecule has 2 unspecified atom stereocenters. The van der Waals surface area contributed by atoms with Crippen LogP contribution in [0.15, 0.2) is 11.6 Å². The number of hydrogen-bond donors (Lipinski definition) is 2. The van der Waals surface area contributed by atoms with E-state index in [1.54, 1.807) is 0 Å². The molecule has 0 rings (SSSR count). The number of hydrogen-bond acceptors (Lipinski definition) is 4. The van der Waals surface area contributed by atoms with Crippen LogP contribution in [0.2, 0.25) is 0 Å². The highest BCUT2D eigenvalue weighted by atomic mass is 16.5. The van der Waals surface area contributed by atoms with Crippen molar-refractivity contribution in [1.29, 1.82) is 0 Å². The Labute approximate surface area is 141 Å². The van der Waals surface area contributed by atoms with Crippen molar-refractivity contribution in [2.24, 2.45) is 10.8 Å². The number of ether oxygens (including phenoxy) is 1. The predicted molar refractivity (Wildman–Crippen MR) is 94.1 cm³/mol. The van der Waals surface area contributed by atoms with Crippen molar-refractivity contribution in [2.75, 3.05) is 6.61 Å². The molecule has 4 nitrogen and oxygen atoms in total. The zero-order valence-electron chi connectivity index (χ0n) is 16.0. The second kappa shape index (κ2) is 9.43. The van der Waals surface area contributed by atoms with Crippen molar-refractivity contribution in [3.8, 4) is 0 Å². The summed E-state index contributed by atoms with van der Waals surface area (Å²) in [6.45, 7) is 14.4. The van der Waals surface area contributed by atoms with E-state index in [0.717, 1.165) is 6.42 Å². The van der Waals surface area contributed by atoms with E-state index in [-0.39, 0.29) is 23.4 Å². The average molecular weight is 328 g/mol. The fourth-order valence-corrected chi connectivity index (χ4v) is 2.23. The SMILES string of the molecule is CCCC(O)C(O)CCCOC(=O)/C(=C/C(C)(C)C)C(C)(C)C. The number of carbonyl (C=O) groups is 1. The summed E-state index contributed by atoms with van der Waals surface area (Å²) in [6.07, 6.45) is 2.92. The fraction of sp³-hybridized carbons (Fsp3) is 0.842. The molecular formula is C19H36O4. The van der Waals surface area contributed by atoms with Crippen molar-refractivity contribution >= 4 is 5.97 Å². The number of carbonyl (C=O) groups excluding carboxylic acids is 1. The van der Waals surface area contributed by atoms with Gasteiger partial charge < -0.3 is 14.9 Å². The molecule has 0 saturated carbocycles.